The molecule has 0 atom stereocenters. The van der Waals surface area contributed by atoms with Gasteiger partial charge in [-0.15, -0.1) is 0 Å². The Morgan fingerprint density at radius 3 is 2.59 bits per heavy atom. The first kappa shape index (κ1) is 17.6. The second-order valence-corrected chi connectivity index (χ2v) is 7.52. The van der Waals surface area contributed by atoms with Gasteiger partial charge >= 0.3 is 6.09 Å². The zero-order valence-electron chi connectivity index (χ0n) is 14.4. The van der Waals surface area contributed by atoms with Gasteiger partial charge in [0.2, 0.25) is 0 Å². The quantitative estimate of drug-likeness (QED) is 0.713. The summed E-state index contributed by atoms with van der Waals surface area (Å²) in [6.07, 6.45) is 1.01. The minimum Gasteiger partial charge on any atom is -0.465 e. The van der Waals surface area contributed by atoms with Crippen molar-refractivity contribution >= 4 is 27.8 Å². The molecule has 140 valence electrons. The number of carboxylic acid groups (broad SMARTS) is 1. The van der Waals surface area contributed by atoms with E-state index in [9.17, 15) is 14.7 Å². The van der Waals surface area contributed by atoms with Gasteiger partial charge in [0, 0.05) is 18.7 Å². The third-order valence-corrected chi connectivity index (χ3v) is 5.75. The molecule has 1 fully saturated rings. The molecule has 9 heteroatoms. The number of hydrogen-bond donors (Lipinski definition) is 2. The largest absolute Gasteiger partial charge is 0.465 e. The van der Waals surface area contributed by atoms with Crippen molar-refractivity contribution in [2.75, 3.05) is 13.1 Å². The van der Waals surface area contributed by atoms with Gasteiger partial charge in [-0.25, -0.2) is 9.78 Å². The Hall–Kier alpha value is -2.78. The Bertz CT molecular complexity index is 1040. The zero-order valence-corrected chi connectivity index (χ0v) is 15.2. The number of carbonyl (C=O) groups is 1. The van der Waals surface area contributed by atoms with Crippen LogP contribution in [0.2, 0.25) is 0 Å². The summed E-state index contributed by atoms with van der Waals surface area (Å²) in [4.78, 5) is 29.5. The van der Waals surface area contributed by atoms with Crippen LogP contribution in [-0.2, 0) is 6.54 Å². The molecule has 1 aliphatic heterocycles. The number of likely N-dealkylation sites (tertiary alicyclic amines) is 1. The molecule has 1 aliphatic rings. The molecule has 4 rings (SSSR count). The fraction of sp³-hybridized carbons (Fsp3) is 0.333. The molecule has 8 nitrogen and oxygen atoms in total. The van der Waals surface area contributed by atoms with E-state index in [1.54, 1.807) is 0 Å². The van der Waals surface area contributed by atoms with Gasteiger partial charge in [-0.3, -0.25) is 9.36 Å². The van der Waals surface area contributed by atoms with E-state index < -0.39 is 11.7 Å². The predicted octanol–water partition coefficient (Wildman–Crippen LogP) is 2.02. The van der Waals surface area contributed by atoms with Crippen molar-refractivity contribution in [2.45, 2.75) is 25.0 Å². The molecule has 0 saturated carbocycles. The number of fused-ring (bicyclic) bond motifs is 1. The summed E-state index contributed by atoms with van der Waals surface area (Å²) < 4.78 is 6.23. The van der Waals surface area contributed by atoms with Crippen LogP contribution in [0.1, 0.15) is 12.8 Å². The number of piperidine rings is 1. The highest BCUT2D eigenvalue weighted by molar-refractivity contribution is 7.13. The molecular formula is C18H18N4O4S. The van der Waals surface area contributed by atoms with E-state index in [4.69, 9.17) is 5.11 Å². The van der Waals surface area contributed by atoms with Crippen molar-refractivity contribution in [3.05, 3.63) is 47.0 Å². The van der Waals surface area contributed by atoms with Gasteiger partial charge in [-0.2, -0.15) is 4.37 Å². The monoisotopic (exact) mass is 386 g/mol. The number of benzene rings is 1. The predicted molar refractivity (Wildman–Crippen MR) is 101 cm³/mol. The van der Waals surface area contributed by atoms with E-state index >= 15 is 0 Å². The van der Waals surface area contributed by atoms with E-state index in [1.807, 2.05) is 30.3 Å². The van der Waals surface area contributed by atoms with Crippen LogP contribution in [0.5, 0.6) is 0 Å². The van der Waals surface area contributed by atoms with Gasteiger partial charge in [0.1, 0.15) is 15.9 Å². The first-order valence-corrected chi connectivity index (χ1v) is 9.35. The van der Waals surface area contributed by atoms with Gasteiger partial charge in [0.15, 0.2) is 0 Å². The lowest BCUT2D eigenvalue weighted by Gasteiger charge is -2.37. The zero-order chi connectivity index (χ0) is 19.0. The van der Waals surface area contributed by atoms with Gasteiger partial charge in [0.05, 0.1) is 18.5 Å². The van der Waals surface area contributed by atoms with E-state index in [1.165, 1.54) is 15.8 Å². The molecule has 1 aromatic carbocycles. The Balaban J connectivity index is 1.62. The Morgan fingerprint density at radius 1 is 1.22 bits per heavy atom. The number of rotatable bonds is 3. The average Bonchev–Trinajstić information content (AvgIpc) is 3.10. The molecule has 3 heterocycles. The van der Waals surface area contributed by atoms with Crippen LogP contribution in [-0.4, -0.2) is 53.8 Å². The second-order valence-electron chi connectivity index (χ2n) is 6.75. The van der Waals surface area contributed by atoms with Crippen LogP contribution in [0.3, 0.4) is 0 Å². The van der Waals surface area contributed by atoms with Gasteiger partial charge < -0.3 is 15.1 Å². The average molecular weight is 386 g/mol. The molecule has 2 aromatic heterocycles. The van der Waals surface area contributed by atoms with Crippen molar-refractivity contribution < 1.29 is 15.0 Å². The topological polar surface area (TPSA) is 109 Å². The van der Waals surface area contributed by atoms with Crippen LogP contribution < -0.4 is 5.56 Å². The SMILES string of the molecule is O=C(O)N1CCC(O)(Cn2cnc3c(-c4ccccc4)nsc3c2=O)CC1. The van der Waals surface area contributed by atoms with E-state index in [0.29, 0.717) is 15.9 Å². The van der Waals surface area contributed by atoms with Crippen LogP contribution in [0, 0.1) is 0 Å². The summed E-state index contributed by atoms with van der Waals surface area (Å²) in [5.74, 6) is 0. The Kier molecular flexibility index (Phi) is 4.40. The van der Waals surface area contributed by atoms with Crippen LogP contribution in [0.15, 0.2) is 41.5 Å². The van der Waals surface area contributed by atoms with Crippen molar-refractivity contribution in [3.63, 3.8) is 0 Å². The minimum absolute atomic E-state index is 0.0841. The summed E-state index contributed by atoms with van der Waals surface area (Å²) in [5, 5.41) is 19.8. The van der Waals surface area contributed by atoms with E-state index in [-0.39, 0.29) is 38.0 Å². The van der Waals surface area contributed by atoms with Gasteiger partial charge in [0.25, 0.3) is 5.56 Å². The maximum absolute atomic E-state index is 12.8. The maximum atomic E-state index is 12.8. The lowest BCUT2D eigenvalue weighted by Crippen LogP contribution is -2.49. The van der Waals surface area contributed by atoms with Crippen LogP contribution in [0.4, 0.5) is 4.79 Å². The highest BCUT2D eigenvalue weighted by Gasteiger charge is 2.34. The van der Waals surface area contributed by atoms with Crippen LogP contribution >= 0.6 is 11.5 Å². The summed E-state index contributed by atoms with van der Waals surface area (Å²) in [6, 6.07) is 9.55. The molecule has 27 heavy (non-hydrogen) atoms. The Labute approximate surface area is 158 Å². The summed E-state index contributed by atoms with van der Waals surface area (Å²) in [5.41, 5.74) is 0.758. The van der Waals surface area contributed by atoms with Crippen LogP contribution in [0.25, 0.3) is 21.5 Å². The molecular weight excluding hydrogens is 368 g/mol. The Morgan fingerprint density at radius 2 is 1.93 bits per heavy atom. The molecule has 3 aromatic rings. The number of nitrogens with zero attached hydrogens (tertiary/aromatic N) is 4. The molecule has 0 bridgehead atoms. The third-order valence-electron chi connectivity index (χ3n) is 4.93. The molecule has 0 radical (unpaired) electrons. The van der Waals surface area contributed by atoms with Crippen molar-refractivity contribution in [2.24, 2.45) is 0 Å². The first-order chi connectivity index (χ1) is 13.0. The summed E-state index contributed by atoms with van der Waals surface area (Å²) in [6.45, 7) is 0.574. The van der Waals surface area contributed by atoms with E-state index in [2.05, 4.69) is 9.36 Å². The highest BCUT2D eigenvalue weighted by atomic mass is 32.1. The highest BCUT2D eigenvalue weighted by Crippen LogP contribution is 2.28. The standard InChI is InChI=1S/C18H18N4O4S/c23-16-15-14(13(20-27-15)12-4-2-1-3-5-12)19-11-22(16)10-18(26)6-8-21(9-7-18)17(24)25/h1-5,11,26H,6-10H2,(H,24,25). The lowest BCUT2D eigenvalue weighted by atomic mass is 9.91. The van der Waals surface area contributed by atoms with Crippen molar-refractivity contribution in [1.82, 2.24) is 18.8 Å². The minimum atomic E-state index is -1.13. The molecule has 1 saturated heterocycles. The molecule has 2 N–H and O–H groups in total. The fourth-order valence-electron chi connectivity index (χ4n) is 3.34. The normalized spacial score (nSPS) is 16.6. The first-order valence-electron chi connectivity index (χ1n) is 8.57. The number of aliphatic hydroxyl groups is 1. The smallest absolute Gasteiger partial charge is 0.407 e. The van der Waals surface area contributed by atoms with Crippen molar-refractivity contribution in [3.8, 4) is 11.3 Å². The summed E-state index contributed by atoms with van der Waals surface area (Å²) in [7, 11) is 0. The maximum Gasteiger partial charge on any atom is 0.407 e. The molecule has 0 spiro atoms. The summed E-state index contributed by atoms with van der Waals surface area (Å²) >= 11 is 1.10. The number of hydrogen-bond acceptors (Lipinski definition) is 6. The molecule has 0 unspecified atom stereocenters. The third kappa shape index (κ3) is 3.31. The second kappa shape index (κ2) is 6.75. The molecule has 0 aliphatic carbocycles. The van der Waals surface area contributed by atoms with E-state index in [0.717, 1.165) is 17.1 Å². The number of amides is 1. The molecule has 1 amide bonds. The van der Waals surface area contributed by atoms with Gasteiger partial charge in [-0.1, -0.05) is 30.3 Å². The lowest BCUT2D eigenvalue weighted by molar-refractivity contribution is -0.0303. The fourth-order valence-corrected chi connectivity index (χ4v) is 4.15. The van der Waals surface area contributed by atoms with Gasteiger partial charge in [-0.05, 0) is 24.4 Å². The number of aromatic nitrogens is 3. The van der Waals surface area contributed by atoms with Crippen molar-refractivity contribution in [1.29, 1.82) is 0 Å².